The standard InChI is InChI=1S/C13H20N2O2/c1-8-5-9(2)12(10(3)6-8)17-7-11(4)13(14)15-16/h5-6,11,16H,7H2,1-4H3,(H2,14,15). The van der Waals surface area contributed by atoms with Crippen LogP contribution in [0.25, 0.3) is 0 Å². The summed E-state index contributed by atoms with van der Waals surface area (Å²) in [6, 6.07) is 4.16. The van der Waals surface area contributed by atoms with Gasteiger partial charge in [-0.1, -0.05) is 29.8 Å². The van der Waals surface area contributed by atoms with Crippen LogP contribution in [0.1, 0.15) is 23.6 Å². The SMILES string of the molecule is Cc1cc(C)c(OCC(C)/C(N)=N/O)c(C)c1. The van der Waals surface area contributed by atoms with E-state index in [4.69, 9.17) is 15.7 Å². The lowest BCUT2D eigenvalue weighted by molar-refractivity contribution is 0.276. The zero-order chi connectivity index (χ0) is 13.0. The van der Waals surface area contributed by atoms with Crippen LogP contribution in [0.3, 0.4) is 0 Å². The molecule has 0 aliphatic rings. The van der Waals surface area contributed by atoms with Crippen molar-refractivity contribution in [2.75, 3.05) is 6.61 Å². The minimum atomic E-state index is -0.111. The van der Waals surface area contributed by atoms with Crippen LogP contribution in [0.5, 0.6) is 5.75 Å². The van der Waals surface area contributed by atoms with Gasteiger partial charge in [-0.3, -0.25) is 0 Å². The Bertz CT molecular complexity index is 404. The predicted octanol–water partition coefficient (Wildman–Crippen LogP) is 2.37. The van der Waals surface area contributed by atoms with Gasteiger partial charge in [0.05, 0.1) is 12.5 Å². The lowest BCUT2D eigenvalue weighted by atomic mass is 10.1. The second-order valence-electron chi connectivity index (χ2n) is 4.46. The van der Waals surface area contributed by atoms with Gasteiger partial charge < -0.3 is 15.7 Å². The normalized spacial score (nSPS) is 13.5. The van der Waals surface area contributed by atoms with Crippen LogP contribution in [-0.4, -0.2) is 17.6 Å². The summed E-state index contributed by atoms with van der Waals surface area (Å²) in [5.74, 6) is 0.959. The van der Waals surface area contributed by atoms with Crippen LogP contribution in [0.15, 0.2) is 17.3 Å². The number of hydrogen-bond donors (Lipinski definition) is 2. The number of nitrogens with two attached hydrogens (primary N) is 1. The minimum absolute atomic E-state index is 0.111. The van der Waals surface area contributed by atoms with Crippen LogP contribution in [-0.2, 0) is 0 Å². The van der Waals surface area contributed by atoms with Gasteiger partial charge in [0.25, 0.3) is 0 Å². The summed E-state index contributed by atoms with van der Waals surface area (Å²) in [6.07, 6.45) is 0. The second kappa shape index (κ2) is 5.57. The largest absolute Gasteiger partial charge is 0.492 e. The Morgan fingerprint density at radius 3 is 2.35 bits per heavy atom. The molecule has 3 N–H and O–H groups in total. The molecule has 1 rings (SSSR count). The zero-order valence-corrected chi connectivity index (χ0v) is 10.8. The first kappa shape index (κ1) is 13.4. The molecule has 0 heterocycles. The summed E-state index contributed by atoms with van der Waals surface area (Å²) in [7, 11) is 0. The summed E-state index contributed by atoms with van der Waals surface area (Å²) < 4.78 is 5.74. The maximum atomic E-state index is 8.56. The summed E-state index contributed by atoms with van der Waals surface area (Å²) in [5, 5.41) is 11.5. The average molecular weight is 236 g/mol. The van der Waals surface area contributed by atoms with Crippen LogP contribution in [0.4, 0.5) is 0 Å². The number of ether oxygens (including phenoxy) is 1. The van der Waals surface area contributed by atoms with E-state index in [-0.39, 0.29) is 11.8 Å². The Kier molecular flexibility index (Phi) is 4.37. The fourth-order valence-corrected chi connectivity index (χ4v) is 1.79. The molecule has 0 fully saturated rings. The Balaban J connectivity index is 2.76. The van der Waals surface area contributed by atoms with E-state index in [0.29, 0.717) is 6.61 Å². The highest BCUT2D eigenvalue weighted by atomic mass is 16.5. The van der Waals surface area contributed by atoms with Crippen molar-refractivity contribution in [1.29, 1.82) is 0 Å². The number of oxime groups is 1. The molecular formula is C13H20N2O2. The van der Waals surface area contributed by atoms with E-state index in [1.807, 2.05) is 20.8 Å². The van der Waals surface area contributed by atoms with Gasteiger partial charge in [-0.2, -0.15) is 0 Å². The molecule has 94 valence electrons. The van der Waals surface area contributed by atoms with Gasteiger partial charge in [-0.05, 0) is 31.9 Å². The maximum absolute atomic E-state index is 8.56. The highest BCUT2D eigenvalue weighted by molar-refractivity contribution is 5.81. The lowest BCUT2D eigenvalue weighted by Gasteiger charge is -2.16. The molecule has 0 saturated heterocycles. The fourth-order valence-electron chi connectivity index (χ4n) is 1.79. The van der Waals surface area contributed by atoms with Gasteiger partial charge in [-0.15, -0.1) is 0 Å². The highest BCUT2D eigenvalue weighted by Crippen LogP contribution is 2.24. The molecule has 1 aromatic carbocycles. The molecule has 4 heteroatoms. The first-order valence-electron chi connectivity index (χ1n) is 5.63. The monoisotopic (exact) mass is 236 g/mol. The van der Waals surface area contributed by atoms with Crippen molar-refractivity contribution < 1.29 is 9.94 Å². The van der Waals surface area contributed by atoms with E-state index in [1.165, 1.54) is 5.56 Å². The molecule has 1 aromatic rings. The Labute approximate surface area is 102 Å². The third-order valence-electron chi connectivity index (χ3n) is 2.70. The molecule has 0 saturated carbocycles. The molecule has 0 aliphatic carbocycles. The smallest absolute Gasteiger partial charge is 0.145 e. The number of rotatable bonds is 4. The third-order valence-corrected chi connectivity index (χ3v) is 2.70. The van der Waals surface area contributed by atoms with Gasteiger partial charge in [0.2, 0.25) is 0 Å². The molecular weight excluding hydrogens is 216 g/mol. The second-order valence-corrected chi connectivity index (χ2v) is 4.46. The van der Waals surface area contributed by atoms with Crippen molar-refractivity contribution >= 4 is 5.84 Å². The van der Waals surface area contributed by atoms with Gasteiger partial charge in [0.1, 0.15) is 11.6 Å². The van der Waals surface area contributed by atoms with Gasteiger partial charge in [-0.25, -0.2) is 0 Å². The Morgan fingerprint density at radius 2 is 1.88 bits per heavy atom. The third kappa shape index (κ3) is 3.37. The molecule has 17 heavy (non-hydrogen) atoms. The quantitative estimate of drug-likeness (QED) is 0.365. The Morgan fingerprint density at radius 1 is 1.35 bits per heavy atom. The number of nitrogens with zero attached hydrogens (tertiary/aromatic N) is 1. The summed E-state index contributed by atoms with van der Waals surface area (Å²) in [4.78, 5) is 0. The van der Waals surface area contributed by atoms with E-state index in [2.05, 4.69) is 24.2 Å². The van der Waals surface area contributed by atoms with Crippen molar-refractivity contribution in [3.05, 3.63) is 28.8 Å². The number of hydrogen-bond acceptors (Lipinski definition) is 3. The molecule has 0 aromatic heterocycles. The Hall–Kier alpha value is -1.71. The summed E-state index contributed by atoms with van der Waals surface area (Å²) in [5.41, 5.74) is 8.93. The van der Waals surface area contributed by atoms with Crippen molar-refractivity contribution in [3.63, 3.8) is 0 Å². The van der Waals surface area contributed by atoms with E-state index in [1.54, 1.807) is 0 Å². The molecule has 0 amide bonds. The summed E-state index contributed by atoms with van der Waals surface area (Å²) in [6.45, 7) is 8.35. The lowest BCUT2D eigenvalue weighted by Crippen LogP contribution is -2.26. The minimum Gasteiger partial charge on any atom is -0.492 e. The fraction of sp³-hybridized carbons (Fsp3) is 0.462. The first-order valence-corrected chi connectivity index (χ1v) is 5.63. The number of amidine groups is 1. The molecule has 0 radical (unpaired) electrons. The van der Waals surface area contributed by atoms with Crippen LogP contribution in [0.2, 0.25) is 0 Å². The van der Waals surface area contributed by atoms with Crippen molar-refractivity contribution in [2.24, 2.45) is 16.8 Å². The topological polar surface area (TPSA) is 67.8 Å². The van der Waals surface area contributed by atoms with Crippen molar-refractivity contribution in [2.45, 2.75) is 27.7 Å². The van der Waals surface area contributed by atoms with Gasteiger partial charge >= 0.3 is 0 Å². The van der Waals surface area contributed by atoms with Crippen molar-refractivity contribution in [1.82, 2.24) is 0 Å². The van der Waals surface area contributed by atoms with Gasteiger partial charge in [0.15, 0.2) is 0 Å². The maximum Gasteiger partial charge on any atom is 0.145 e. The zero-order valence-electron chi connectivity index (χ0n) is 10.8. The van der Waals surface area contributed by atoms with E-state index < -0.39 is 0 Å². The highest BCUT2D eigenvalue weighted by Gasteiger charge is 2.11. The molecule has 0 bridgehead atoms. The van der Waals surface area contributed by atoms with E-state index >= 15 is 0 Å². The number of aryl methyl sites for hydroxylation is 3. The average Bonchev–Trinajstić information content (AvgIpc) is 2.26. The molecule has 4 nitrogen and oxygen atoms in total. The summed E-state index contributed by atoms with van der Waals surface area (Å²) >= 11 is 0. The van der Waals surface area contributed by atoms with E-state index in [9.17, 15) is 0 Å². The van der Waals surface area contributed by atoms with Gasteiger partial charge in [0, 0.05) is 0 Å². The number of benzene rings is 1. The van der Waals surface area contributed by atoms with Crippen LogP contribution < -0.4 is 10.5 Å². The van der Waals surface area contributed by atoms with Crippen LogP contribution in [0, 0.1) is 26.7 Å². The molecule has 0 aliphatic heterocycles. The van der Waals surface area contributed by atoms with Crippen molar-refractivity contribution in [3.8, 4) is 5.75 Å². The first-order chi connectivity index (χ1) is 7.95. The van der Waals surface area contributed by atoms with Crippen LogP contribution >= 0.6 is 0 Å². The molecule has 1 unspecified atom stereocenters. The molecule has 0 spiro atoms. The van der Waals surface area contributed by atoms with E-state index in [0.717, 1.165) is 16.9 Å². The predicted molar refractivity (Wildman–Crippen MR) is 68.7 cm³/mol. The molecule has 1 atom stereocenters.